The molecule has 5 nitrogen and oxygen atoms in total. The molecule has 0 atom stereocenters. The summed E-state index contributed by atoms with van der Waals surface area (Å²) in [5.41, 5.74) is 0.876. The molecule has 0 radical (unpaired) electrons. The second kappa shape index (κ2) is 6.23. The third-order valence-electron chi connectivity index (χ3n) is 3.17. The highest BCUT2D eigenvalue weighted by molar-refractivity contribution is 5.74. The average molecular weight is 249 g/mol. The molecule has 2 amide bonds. The third kappa shape index (κ3) is 3.35. The maximum atomic E-state index is 11.7. The van der Waals surface area contributed by atoms with Crippen LogP contribution in [0.1, 0.15) is 31.2 Å². The standard InChI is InChI=1S/C13H19N3O2/c1-18-12-10(5-4-8-14-12)9-15-13(17)16-11-6-2-3-7-11/h4-5,8,11H,2-3,6-7,9H2,1H3,(H2,15,16,17). The Morgan fingerprint density at radius 1 is 1.50 bits per heavy atom. The van der Waals surface area contributed by atoms with Gasteiger partial charge in [-0.3, -0.25) is 0 Å². The Balaban J connectivity index is 1.81. The van der Waals surface area contributed by atoms with Crippen molar-refractivity contribution in [3.05, 3.63) is 23.9 Å². The predicted octanol–water partition coefficient (Wildman–Crippen LogP) is 1.83. The van der Waals surface area contributed by atoms with Gasteiger partial charge in [-0.2, -0.15) is 0 Å². The Kier molecular flexibility index (Phi) is 4.39. The number of hydrogen-bond donors (Lipinski definition) is 2. The van der Waals surface area contributed by atoms with Crippen LogP contribution in [0.15, 0.2) is 18.3 Å². The molecule has 1 aliphatic rings. The lowest BCUT2D eigenvalue weighted by molar-refractivity contribution is 0.236. The van der Waals surface area contributed by atoms with Gasteiger partial charge < -0.3 is 15.4 Å². The lowest BCUT2D eigenvalue weighted by Gasteiger charge is -2.13. The number of nitrogens with one attached hydrogen (secondary N) is 2. The monoisotopic (exact) mass is 249 g/mol. The fraction of sp³-hybridized carbons (Fsp3) is 0.538. The van der Waals surface area contributed by atoms with Crippen molar-refractivity contribution in [2.75, 3.05) is 7.11 Å². The molecule has 0 spiro atoms. The van der Waals surface area contributed by atoms with E-state index in [4.69, 9.17) is 4.74 Å². The molecule has 2 rings (SSSR count). The maximum Gasteiger partial charge on any atom is 0.315 e. The fourth-order valence-corrected chi connectivity index (χ4v) is 2.22. The minimum absolute atomic E-state index is 0.118. The maximum absolute atomic E-state index is 11.7. The summed E-state index contributed by atoms with van der Waals surface area (Å²) >= 11 is 0. The number of nitrogens with zero attached hydrogens (tertiary/aromatic N) is 1. The van der Waals surface area contributed by atoms with Gasteiger partial charge in [-0.25, -0.2) is 9.78 Å². The minimum atomic E-state index is -0.118. The number of methoxy groups -OCH3 is 1. The third-order valence-corrected chi connectivity index (χ3v) is 3.17. The number of hydrogen-bond acceptors (Lipinski definition) is 3. The van der Waals surface area contributed by atoms with Crippen LogP contribution in [0.4, 0.5) is 4.79 Å². The Bertz CT molecular complexity index is 403. The lowest BCUT2D eigenvalue weighted by Crippen LogP contribution is -2.40. The van der Waals surface area contributed by atoms with E-state index in [1.165, 1.54) is 12.8 Å². The van der Waals surface area contributed by atoms with E-state index in [-0.39, 0.29) is 6.03 Å². The van der Waals surface area contributed by atoms with Crippen LogP contribution >= 0.6 is 0 Å². The van der Waals surface area contributed by atoms with Gasteiger partial charge in [0.2, 0.25) is 5.88 Å². The van der Waals surface area contributed by atoms with Gasteiger partial charge in [0.05, 0.1) is 7.11 Å². The molecule has 1 fully saturated rings. The lowest BCUT2D eigenvalue weighted by atomic mass is 10.2. The van der Waals surface area contributed by atoms with E-state index >= 15 is 0 Å². The number of urea groups is 1. The van der Waals surface area contributed by atoms with Crippen LogP contribution in [0.3, 0.4) is 0 Å². The largest absolute Gasteiger partial charge is 0.481 e. The molecule has 1 aliphatic carbocycles. The van der Waals surface area contributed by atoms with Gasteiger partial charge in [-0.1, -0.05) is 18.9 Å². The summed E-state index contributed by atoms with van der Waals surface area (Å²) in [5.74, 6) is 0.554. The highest BCUT2D eigenvalue weighted by Gasteiger charge is 2.16. The number of ether oxygens (including phenoxy) is 1. The Morgan fingerprint density at radius 2 is 2.28 bits per heavy atom. The summed E-state index contributed by atoms with van der Waals surface area (Å²) in [6, 6.07) is 3.93. The van der Waals surface area contributed by atoms with Crippen LogP contribution < -0.4 is 15.4 Å². The second-order valence-electron chi connectivity index (χ2n) is 4.48. The van der Waals surface area contributed by atoms with Gasteiger partial charge in [0, 0.05) is 24.3 Å². The average Bonchev–Trinajstić information content (AvgIpc) is 2.89. The molecule has 1 aromatic rings. The highest BCUT2D eigenvalue weighted by Crippen LogP contribution is 2.17. The molecule has 98 valence electrons. The molecule has 0 bridgehead atoms. The SMILES string of the molecule is COc1ncccc1CNC(=O)NC1CCCC1. The van der Waals surface area contributed by atoms with Crippen LogP contribution in [0.25, 0.3) is 0 Å². The van der Waals surface area contributed by atoms with E-state index in [1.54, 1.807) is 13.3 Å². The zero-order valence-electron chi connectivity index (χ0n) is 10.6. The van der Waals surface area contributed by atoms with Crippen molar-refractivity contribution in [2.24, 2.45) is 0 Å². The van der Waals surface area contributed by atoms with Gasteiger partial charge in [-0.15, -0.1) is 0 Å². The second-order valence-corrected chi connectivity index (χ2v) is 4.48. The Hall–Kier alpha value is -1.78. The first-order valence-electron chi connectivity index (χ1n) is 6.32. The summed E-state index contributed by atoms with van der Waals surface area (Å²) in [5, 5.41) is 5.81. The molecule has 5 heteroatoms. The van der Waals surface area contributed by atoms with Crippen LogP contribution in [0.5, 0.6) is 5.88 Å². The van der Waals surface area contributed by atoms with Crippen molar-refractivity contribution in [2.45, 2.75) is 38.3 Å². The molecular weight excluding hydrogens is 230 g/mol. The van der Waals surface area contributed by atoms with Crippen molar-refractivity contribution in [3.63, 3.8) is 0 Å². The van der Waals surface area contributed by atoms with Crippen LogP contribution in [0, 0.1) is 0 Å². The van der Waals surface area contributed by atoms with Gasteiger partial charge in [-0.05, 0) is 18.9 Å². The molecule has 1 saturated carbocycles. The molecule has 0 aliphatic heterocycles. The van der Waals surface area contributed by atoms with Gasteiger partial charge in [0.1, 0.15) is 0 Å². The van der Waals surface area contributed by atoms with Crippen molar-refractivity contribution in [3.8, 4) is 5.88 Å². The number of carbonyl (C=O) groups excluding carboxylic acids is 1. The van der Waals surface area contributed by atoms with Crippen molar-refractivity contribution in [1.29, 1.82) is 0 Å². The molecule has 1 heterocycles. The molecule has 2 N–H and O–H groups in total. The Morgan fingerprint density at radius 3 is 3.00 bits per heavy atom. The van der Waals surface area contributed by atoms with Crippen molar-refractivity contribution in [1.82, 2.24) is 15.6 Å². The fourth-order valence-electron chi connectivity index (χ4n) is 2.22. The molecule has 0 saturated heterocycles. The first-order chi connectivity index (χ1) is 8.79. The highest BCUT2D eigenvalue weighted by atomic mass is 16.5. The van der Waals surface area contributed by atoms with Gasteiger partial charge >= 0.3 is 6.03 Å². The molecule has 0 unspecified atom stereocenters. The summed E-state index contributed by atoms with van der Waals surface area (Å²) in [6.45, 7) is 0.426. The van der Waals surface area contributed by atoms with Crippen molar-refractivity contribution < 1.29 is 9.53 Å². The van der Waals surface area contributed by atoms with E-state index in [1.807, 2.05) is 12.1 Å². The number of carbonyl (C=O) groups is 1. The van der Waals surface area contributed by atoms with E-state index in [9.17, 15) is 4.79 Å². The van der Waals surface area contributed by atoms with Crippen LogP contribution in [-0.4, -0.2) is 24.2 Å². The zero-order valence-corrected chi connectivity index (χ0v) is 10.6. The van der Waals surface area contributed by atoms with E-state index in [0.717, 1.165) is 18.4 Å². The number of rotatable bonds is 4. The van der Waals surface area contributed by atoms with Gasteiger partial charge in [0.15, 0.2) is 0 Å². The predicted molar refractivity (Wildman–Crippen MR) is 68.4 cm³/mol. The molecule has 18 heavy (non-hydrogen) atoms. The Labute approximate surface area is 107 Å². The normalized spacial score (nSPS) is 15.4. The molecule has 0 aromatic carbocycles. The molecular formula is C13H19N3O2. The number of aromatic nitrogens is 1. The summed E-state index contributed by atoms with van der Waals surface area (Å²) in [4.78, 5) is 15.8. The first-order valence-corrected chi connectivity index (χ1v) is 6.32. The topological polar surface area (TPSA) is 63.2 Å². The van der Waals surface area contributed by atoms with Gasteiger partial charge in [0.25, 0.3) is 0 Å². The van der Waals surface area contributed by atoms with E-state index in [0.29, 0.717) is 18.5 Å². The van der Waals surface area contributed by atoms with Crippen LogP contribution in [-0.2, 0) is 6.54 Å². The zero-order chi connectivity index (χ0) is 12.8. The quantitative estimate of drug-likeness (QED) is 0.855. The first kappa shape index (κ1) is 12.7. The summed E-state index contributed by atoms with van der Waals surface area (Å²) in [6.07, 6.45) is 6.26. The molecule has 1 aromatic heterocycles. The summed E-state index contributed by atoms with van der Waals surface area (Å²) < 4.78 is 5.13. The minimum Gasteiger partial charge on any atom is -0.481 e. The summed E-state index contributed by atoms with van der Waals surface area (Å²) in [7, 11) is 1.57. The van der Waals surface area contributed by atoms with Crippen molar-refractivity contribution >= 4 is 6.03 Å². The van der Waals surface area contributed by atoms with E-state index in [2.05, 4.69) is 15.6 Å². The smallest absolute Gasteiger partial charge is 0.315 e. The van der Waals surface area contributed by atoms with Crippen LogP contribution in [0.2, 0.25) is 0 Å². The number of amides is 2. The van der Waals surface area contributed by atoms with E-state index < -0.39 is 0 Å². The number of pyridine rings is 1.